The molecule has 0 saturated heterocycles. The Balaban J connectivity index is 1.64. The van der Waals surface area contributed by atoms with Crippen molar-refractivity contribution < 1.29 is 19.1 Å². The smallest absolute Gasteiger partial charge is 0.285 e. The van der Waals surface area contributed by atoms with Gasteiger partial charge in [-0.1, -0.05) is 109 Å². The number of hydrogen-bond acceptors (Lipinski definition) is 5. The van der Waals surface area contributed by atoms with E-state index in [9.17, 15) is 14.4 Å². The number of allylic oxidation sites excluding steroid dienone is 4. The summed E-state index contributed by atoms with van der Waals surface area (Å²) in [5.74, 6) is -1.28. The molecule has 9 heteroatoms. The summed E-state index contributed by atoms with van der Waals surface area (Å²) < 4.78 is 5.39. The van der Waals surface area contributed by atoms with Crippen LogP contribution < -0.4 is 10.1 Å². The van der Waals surface area contributed by atoms with Crippen molar-refractivity contribution in [1.29, 1.82) is 0 Å². The number of aliphatic imine (C=N–C) groups is 1. The highest BCUT2D eigenvalue weighted by Crippen LogP contribution is 2.30. The van der Waals surface area contributed by atoms with Gasteiger partial charge in [-0.2, -0.15) is 4.99 Å². The monoisotopic (exact) mass is 611 g/mol. The molecule has 218 valence electrons. The van der Waals surface area contributed by atoms with E-state index in [-0.39, 0.29) is 28.4 Å². The van der Waals surface area contributed by atoms with Gasteiger partial charge in [0.2, 0.25) is 5.91 Å². The van der Waals surface area contributed by atoms with Crippen LogP contribution in [0.3, 0.4) is 0 Å². The Morgan fingerprint density at radius 1 is 1.07 bits per heavy atom. The maximum atomic E-state index is 13.9. The molecule has 0 fully saturated rings. The number of rotatable bonds is 10. The average molecular weight is 612 g/mol. The van der Waals surface area contributed by atoms with Crippen molar-refractivity contribution in [3.05, 3.63) is 143 Å². The summed E-state index contributed by atoms with van der Waals surface area (Å²) in [7, 11) is 1.48. The van der Waals surface area contributed by atoms with Crippen LogP contribution in [0.15, 0.2) is 126 Å². The second kappa shape index (κ2) is 15.0. The number of carbonyl (C=O) groups excluding carboxylic acids is 3. The highest BCUT2D eigenvalue weighted by atomic mass is 35.5. The van der Waals surface area contributed by atoms with E-state index in [0.29, 0.717) is 22.0 Å². The maximum absolute atomic E-state index is 13.9. The number of carbonyl (C=O) groups is 3. The van der Waals surface area contributed by atoms with Gasteiger partial charge >= 0.3 is 0 Å². The topological polar surface area (TPSA) is 88.1 Å². The van der Waals surface area contributed by atoms with E-state index in [2.05, 4.69) is 16.9 Å². The van der Waals surface area contributed by atoms with Crippen molar-refractivity contribution in [2.24, 2.45) is 4.99 Å². The fraction of sp³-hybridized carbons (Fsp3) is 0.118. The Labute approximate surface area is 260 Å². The number of nitrogens with one attached hydrogen (secondary N) is 1. The maximum Gasteiger partial charge on any atom is 0.285 e. The molecule has 1 N–H and O–H groups in total. The van der Waals surface area contributed by atoms with E-state index < -0.39 is 11.8 Å². The second-order valence-electron chi connectivity index (χ2n) is 9.20. The Morgan fingerprint density at radius 3 is 2.30 bits per heavy atom. The molecule has 0 aromatic heterocycles. The standard InChI is InChI=1S/C34H30ClN3O4S/c1-4-6-17-27(5-2)38-33(41)28(21-25-20-26(35)18-19-29(25)42-3)32(40)37-34(38)43-22-30(39)36-31(23-13-9-7-10-14-23)24-15-11-8-12-16-24/h4-21,31H,1,22H2,2-3H3,(H,36,39)/b17-6-,27-5+,28-21+. The van der Waals surface area contributed by atoms with Crippen molar-refractivity contribution in [2.75, 3.05) is 12.9 Å². The second-order valence-corrected chi connectivity index (χ2v) is 10.6. The molecule has 0 aliphatic carbocycles. The molecule has 7 nitrogen and oxygen atoms in total. The molecule has 0 unspecified atom stereocenters. The highest BCUT2D eigenvalue weighted by Gasteiger charge is 2.35. The molecule has 0 saturated carbocycles. The molecule has 0 spiro atoms. The van der Waals surface area contributed by atoms with E-state index in [0.717, 1.165) is 22.9 Å². The van der Waals surface area contributed by atoms with Crippen molar-refractivity contribution in [2.45, 2.75) is 13.0 Å². The van der Waals surface area contributed by atoms with E-state index >= 15 is 0 Å². The summed E-state index contributed by atoms with van der Waals surface area (Å²) in [4.78, 5) is 45.9. The summed E-state index contributed by atoms with van der Waals surface area (Å²) in [6.45, 7) is 5.46. The van der Waals surface area contributed by atoms with E-state index in [4.69, 9.17) is 16.3 Å². The summed E-state index contributed by atoms with van der Waals surface area (Å²) in [5.41, 5.74) is 2.58. The van der Waals surface area contributed by atoms with Crippen LogP contribution in [0.4, 0.5) is 0 Å². The normalized spacial score (nSPS) is 14.8. The number of methoxy groups -OCH3 is 1. The Morgan fingerprint density at radius 2 is 1.72 bits per heavy atom. The van der Waals surface area contributed by atoms with Crippen molar-refractivity contribution >= 4 is 52.3 Å². The van der Waals surface area contributed by atoms with Gasteiger partial charge in [-0.15, -0.1) is 0 Å². The summed E-state index contributed by atoms with van der Waals surface area (Å²) in [6.07, 6.45) is 8.04. The zero-order valence-corrected chi connectivity index (χ0v) is 25.3. The fourth-order valence-electron chi connectivity index (χ4n) is 4.37. The van der Waals surface area contributed by atoms with Gasteiger partial charge in [0.1, 0.15) is 11.3 Å². The first-order valence-electron chi connectivity index (χ1n) is 13.4. The average Bonchev–Trinajstić information content (AvgIpc) is 3.03. The number of thioether (sulfide) groups is 1. The van der Waals surface area contributed by atoms with Gasteiger partial charge in [0.15, 0.2) is 5.17 Å². The number of hydrogen-bond donors (Lipinski definition) is 1. The SMILES string of the molecule is C=C/C=C\C(=C/C)N1C(=O)/C(=C/c2cc(Cl)ccc2OC)C(=O)N=C1SCC(=O)NC(c1ccccc1)c1ccccc1. The molecule has 3 aromatic carbocycles. The van der Waals surface area contributed by atoms with Crippen LogP contribution >= 0.6 is 23.4 Å². The molecule has 0 radical (unpaired) electrons. The third-order valence-electron chi connectivity index (χ3n) is 6.40. The summed E-state index contributed by atoms with van der Waals surface area (Å²) in [5, 5.41) is 3.58. The molecule has 1 heterocycles. The van der Waals surface area contributed by atoms with Crippen molar-refractivity contribution in [1.82, 2.24) is 10.2 Å². The predicted octanol–water partition coefficient (Wildman–Crippen LogP) is 6.74. The Bertz CT molecular complexity index is 1590. The first-order valence-corrected chi connectivity index (χ1v) is 14.7. The van der Waals surface area contributed by atoms with Gasteiger partial charge in [0.25, 0.3) is 11.8 Å². The lowest BCUT2D eigenvalue weighted by Gasteiger charge is -2.28. The Kier molecular flexibility index (Phi) is 10.9. The van der Waals surface area contributed by atoms with Crippen molar-refractivity contribution in [3.63, 3.8) is 0 Å². The third-order valence-corrected chi connectivity index (χ3v) is 7.58. The highest BCUT2D eigenvalue weighted by molar-refractivity contribution is 8.14. The van der Waals surface area contributed by atoms with Gasteiger partial charge in [0, 0.05) is 16.3 Å². The third kappa shape index (κ3) is 7.80. The minimum atomic E-state index is -0.735. The largest absolute Gasteiger partial charge is 0.496 e. The number of amidine groups is 1. The Hall–Kier alpha value is -4.66. The summed E-state index contributed by atoms with van der Waals surface area (Å²) >= 11 is 7.17. The molecule has 0 atom stereocenters. The van der Waals surface area contributed by atoms with E-state index in [1.165, 1.54) is 18.1 Å². The fourth-order valence-corrected chi connectivity index (χ4v) is 5.36. The van der Waals surface area contributed by atoms with Crippen LogP contribution in [0, 0.1) is 0 Å². The van der Waals surface area contributed by atoms with Gasteiger partial charge in [-0.3, -0.25) is 19.3 Å². The van der Waals surface area contributed by atoms with Crippen LogP contribution in [0.5, 0.6) is 5.75 Å². The van der Waals surface area contributed by atoms with Crippen LogP contribution in [0.2, 0.25) is 5.02 Å². The van der Waals surface area contributed by atoms with Crippen molar-refractivity contribution in [3.8, 4) is 5.75 Å². The predicted molar refractivity (Wildman–Crippen MR) is 174 cm³/mol. The van der Waals surface area contributed by atoms with Gasteiger partial charge in [0.05, 0.1) is 18.9 Å². The van der Waals surface area contributed by atoms with E-state index in [1.807, 2.05) is 60.7 Å². The minimum Gasteiger partial charge on any atom is -0.496 e. The number of benzene rings is 3. The van der Waals surface area contributed by atoms with Gasteiger partial charge in [-0.25, -0.2) is 0 Å². The zero-order chi connectivity index (χ0) is 30.8. The first kappa shape index (κ1) is 31.3. The summed E-state index contributed by atoms with van der Waals surface area (Å²) in [6, 6.07) is 23.8. The zero-order valence-electron chi connectivity index (χ0n) is 23.7. The van der Waals surface area contributed by atoms with Gasteiger partial charge in [-0.05, 0) is 48.4 Å². The lowest BCUT2D eigenvalue weighted by Crippen LogP contribution is -2.42. The molecule has 1 aliphatic heterocycles. The molecule has 3 amide bonds. The quantitative estimate of drug-likeness (QED) is 0.156. The number of ether oxygens (including phenoxy) is 1. The van der Waals surface area contributed by atoms with Gasteiger partial charge < -0.3 is 10.1 Å². The molecular weight excluding hydrogens is 582 g/mol. The van der Waals surface area contributed by atoms with Crippen LogP contribution in [-0.2, 0) is 14.4 Å². The molecule has 4 rings (SSSR count). The van der Waals surface area contributed by atoms with Crippen LogP contribution in [-0.4, -0.2) is 40.7 Å². The molecule has 3 aromatic rings. The molecule has 43 heavy (non-hydrogen) atoms. The molecule has 1 aliphatic rings. The van der Waals surface area contributed by atoms with Crippen LogP contribution in [0.25, 0.3) is 6.08 Å². The lowest BCUT2D eigenvalue weighted by molar-refractivity contribution is -0.126. The van der Waals surface area contributed by atoms with E-state index in [1.54, 1.807) is 49.4 Å². The molecule has 0 bridgehead atoms. The first-order chi connectivity index (χ1) is 20.9. The number of nitrogens with zero attached hydrogens (tertiary/aromatic N) is 2. The van der Waals surface area contributed by atoms with Crippen LogP contribution in [0.1, 0.15) is 29.7 Å². The number of amides is 3. The number of halogens is 1. The lowest BCUT2D eigenvalue weighted by atomic mass is 9.99. The minimum absolute atomic E-state index is 0.0816. The molecular formula is C34H30ClN3O4S.